The second-order valence-electron chi connectivity index (χ2n) is 5.32. The molecule has 4 rings (SSSR count). The molecule has 0 amide bonds. The minimum absolute atomic E-state index is 0.761. The van der Waals surface area contributed by atoms with Gasteiger partial charge in [-0.25, -0.2) is 0 Å². The molecule has 0 radical (unpaired) electrons. The van der Waals surface area contributed by atoms with Crippen molar-refractivity contribution in [2.24, 2.45) is 0 Å². The number of nitrogens with zero attached hydrogens (tertiary/aromatic N) is 3. The Morgan fingerprint density at radius 3 is 2.18 bits per heavy atom. The summed E-state index contributed by atoms with van der Waals surface area (Å²) in [7, 11) is 0. The van der Waals surface area contributed by atoms with Gasteiger partial charge in [0.2, 0.25) is 0 Å². The van der Waals surface area contributed by atoms with Gasteiger partial charge >= 0.3 is 0 Å². The lowest BCUT2D eigenvalue weighted by atomic mass is 10.1. The SMILES string of the molecule is N#Cc1ccc(C[N+]23CCN(CC2)CC3)cc1. The van der Waals surface area contributed by atoms with Crippen LogP contribution < -0.4 is 0 Å². The molecular formula is C14H18N3+. The van der Waals surface area contributed by atoms with Crippen LogP contribution in [0.4, 0.5) is 0 Å². The number of nitriles is 1. The minimum atomic E-state index is 0.761. The maximum atomic E-state index is 8.79. The van der Waals surface area contributed by atoms with Crippen LogP contribution in [0.1, 0.15) is 11.1 Å². The largest absolute Gasteiger partial charge is 0.317 e. The van der Waals surface area contributed by atoms with Crippen molar-refractivity contribution >= 4 is 0 Å². The van der Waals surface area contributed by atoms with Crippen LogP contribution in [-0.2, 0) is 6.54 Å². The molecule has 0 N–H and O–H groups in total. The maximum absolute atomic E-state index is 8.79. The van der Waals surface area contributed by atoms with Crippen LogP contribution in [0.5, 0.6) is 0 Å². The molecule has 3 aliphatic rings. The number of piperazine rings is 3. The molecule has 0 aromatic heterocycles. The van der Waals surface area contributed by atoms with Gasteiger partial charge in [-0.3, -0.25) is 4.90 Å². The molecule has 3 nitrogen and oxygen atoms in total. The lowest BCUT2D eigenvalue weighted by Crippen LogP contribution is -2.66. The predicted molar refractivity (Wildman–Crippen MR) is 66.2 cm³/mol. The topological polar surface area (TPSA) is 27.0 Å². The number of quaternary nitrogens is 1. The molecule has 17 heavy (non-hydrogen) atoms. The summed E-state index contributed by atoms with van der Waals surface area (Å²) in [6, 6.07) is 10.3. The molecule has 3 fully saturated rings. The molecule has 3 heterocycles. The van der Waals surface area contributed by atoms with E-state index in [0.29, 0.717) is 0 Å². The van der Waals surface area contributed by atoms with Gasteiger partial charge in [-0.1, -0.05) is 12.1 Å². The molecule has 0 saturated carbocycles. The summed E-state index contributed by atoms with van der Waals surface area (Å²) >= 11 is 0. The third-order valence-electron chi connectivity index (χ3n) is 4.27. The summed E-state index contributed by atoms with van der Waals surface area (Å²) in [5.74, 6) is 0. The Hall–Kier alpha value is -1.37. The van der Waals surface area contributed by atoms with Crippen LogP contribution >= 0.6 is 0 Å². The van der Waals surface area contributed by atoms with Crippen LogP contribution in [0.3, 0.4) is 0 Å². The Balaban J connectivity index is 1.75. The van der Waals surface area contributed by atoms with E-state index in [1.165, 1.54) is 49.3 Å². The van der Waals surface area contributed by atoms with Crippen LogP contribution in [-0.4, -0.2) is 48.7 Å². The molecule has 3 saturated heterocycles. The van der Waals surface area contributed by atoms with E-state index in [4.69, 9.17) is 5.26 Å². The molecule has 1 aromatic rings. The van der Waals surface area contributed by atoms with Gasteiger partial charge < -0.3 is 4.48 Å². The molecule has 0 aliphatic carbocycles. The molecule has 3 heteroatoms. The summed E-state index contributed by atoms with van der Waals surface area (Å²) < 4.78 is 1.25. The summed E-state index contributed by atoms with van der Waals surface area (Å²) in [6.45, 7) is 8.79. The normalized spacial score (nSPS) is 31.1. The molecule has 0 unspecified atom stereocenters. The fourth-order valence-corrected chi connectivity index (χ4v) is 3.04. The monoisotopic (exact) mass is 228 g/mol. The van der Waals surface area contributed by atoms with Crippen molar-refractivity contribution in [2.45, 2.75) is 6.54 Å². The molecule has 1 aromatic carbocycles. The first-order chi connectivity index (χ1) is 8.30. The highest BCUT2D eigenvalue weighted by Crippen LogP contribution is 2.23. The summed E-state index contributed by atoms with van der Waals surface area (Å²) in [5.41, 5.74) is 2.14. The fourth-order valence-electron chi connectivity index (χ4n) is 3.04. The summed E-state index contributed by atoms with van der Waals surface area (Å²) in [5, 5.41) is 8.79. The number of hydrogen-bond acceptors (Lipinski definition) is 2. The van der Waals surface area contributed by atoms with Crippen molar-refractivity contribution in [2.75, 3.05) is 39.3 Å². The molecular weight excluding hydrogens is 210 g/mol. The predicted octanol–water partition coefficient (Wildman–Crippen LogP) is 1.20. The van der Waals surface area contributed by atoms with Gasteiger partial charge in [-0.05, 0) is 12.1 Å². The Bertz CT molecular complexity index is 422. The average Bonchev–Trinajstić information content (AvgIpc) is 2.41. The highest BCUT2D eigenvalue weighted by atomic mass is 15.4. The smallest absolute Gasteiger partial charge is 0.104 e. The van der Waals surface area contributed by atoms with Crippen LogP contribution in [0.15, 0.2) is 24.3 Å². The molecule has 2 bridgehead atoms. The highest BCUT2D eigenvalue weighted by Gasteiger charge is 2.38. The zero-order valence-electron chi connectivity index (χ0n) is 10.1. The van der Waals surface area contributed by atoms with E-state index in [0.717, 1.165) is 12.1 Å². The van der Waals surface area contributed by atoms with Crippen LogP contribution in [0.2, 0.25) is 0 Å². The first-order valence-corrected chi connectivity index (χ1v) is 6.36. The first kappa shape index (κ1) is 10.8. The number of fused-ring (bicyclic) bond motifs is 3. The average molecular weight is 228 g/mol. The van der Waals surface area contributed by atoms with E-state index in [1.54, 1.807) is 0 Å². The van der Waals surface area contributed by atoms with Crippen molar-refractivity contribution in [3.8, 4) is 6.07 Å². The fraction of sp³-hybridized carbons (Fsp3) is 0.500. The van der Waals surface area contributed by atoms with E-state index in [9.17, 15) is 0 Å². The Labute approximate surface area is 102 Å². The zero-order chi connectivity index (χ0) is 11.7. The minimum Gasteiger partial charge on any atom is -0.317 e. The number of rotatable bonds is 2. The van der Waals surface area contributed by atoms with E-state index in [-0.39, 0.29) is 0 Å². The summed E-state index contributed by atoms with van der Waals surface area (Å²) in [6.07, 6.45) is 0. The van der Waals surface area contributed by atoms with Gasteiger partial charge in [0, 0.05) is 25.2 Å². The van der Waals surface area contributed by atoms with Crippen molar-refractivity contribution in [1.82, 2.24) is 4.90 Å². The van der Waals surface area contributed by atoms with Gasteiger partial charge in [0.25, 0.3) is 0 Å². The number of benzene rings is 1. The lowest BCUT2D eigenvalue weighted by Gasteiger charge is -2.50. The third-order valence-corrected chi connectivity index (χ3v) is 4.27. The van der Waals surface area contributed by atoms with Crippen molar-refractivity contribution in [3.05, 3.63) is 35.4 Å². The third kappa shape index (κ3) is 2.06. The lowest BCUT2D eigenvalue weighted by molar-refractivity contribution is -0.953. The number of hydrogen-bond donors (Lipinski definition) is 0. The molecule has 88 valence electrons. The molecule has 3 aliphatic heterocycles. The highest BCUT2D eigenvalue weighted by molar-refractivity contribution is 5.31. The second kappa shape index (κ2) is 4.14. The molecule has 0 atom stereocenters. The van der Waals surface area contributed by atoms with E-state index >= 15 is 0 Å². The quantitative estimate of drug-likeness (QED) is 0.711. The first-order valence-electron chi connectivity index (χ1n) is 6.36. The standard InChI is InChI=1S/C14H18N3/c15-11-13-1-3-14(4-2-13)12-17-8-5-16(6-9-17)7-10-17/h1-4H,5-10,12H2/q+1. The Morgan fingerprint density at radius 1 is 1.06 bits per heavy atom. The van der Waals surface area contributed by atoms with Gasteiger partial charge in [0.05, 0.1) is 31.3 Å². The van der Waals surface area contributed by atoms with Gasteiger partial charge in [0.15, 0.2) is 0 Å². The van der Waals surface area contributed by atoms with Crippen molar-refractivity contribution < 1.29 is 4.48 Å². The Kier molecular flexibility index (Phi) is 2.62. The van der Waals surface area contributed by atoms with E-state index < -0.39 is 0 Å². The van der Waals surface area contributed by atoms with E-state index in [2.05, 4.69) is 23.1 Å². The van der Waals surface area contributed by atoms with Crippen molar-refractivity contribution in [3.63, 3.8) is 0 Å². The van der Waals surface area contributed by atoms with Crippen LogP contribution in [0.25, 0.3) is 0 Å². The second-order valence-corrected chi connectivity index (χ2v) is 5.32. The van der Waals surface area contributed by atoms with Gasteiger partial charge in [-0.15, -0.1) is 0 Å². The maximum Gasteiger partial charge on any atom is 0.104 e. The molecule has 0 spiro atoms. The zero-order valence-corrected chi connectivity index (χ0v) is 10.1. The Morgan fingerprint density at radius 2 is 1.65 bits per heavy atom. The van der Waals surface area contributed by atoms with Gasteiger partial charge in [0.1, 0.15) is 6.54 Å². The van der Waals surface area contributed by atoms with Crippen LogP contribution in [0, 0.1) is 11.3 Å². The van der Waals surface area contributed by atoms with E-state index in [1.807, 2.05) is 12.1 Å². The van der Waals surface area contributed by atoms with Crippen molar-refractivity contribution in [1.29, 1.82) is 5.26 Å². The van der Waals surface area contributed by atoms with Gasteiger partial charge in [-0.2, -0.15) is 5.26 Å². The summed E-state index contributed by atoms with van der Waals surface area (Å²) in [4.78, 5) is 2.57.